The zero-order valence-electron chi connectivity index (χ0n) is 11.4. The van der Waals surface area contributed by atoms with E-state index < -0.39 is 17.9 Å². The molecule has 1 aromatic carbocycles. The molecule has 2 amide bonds. The van der Waals surface area contributed by atoms with Gasteiger partial charge >= 0.3 is 0 Å². The van der Waals surface area contributed by atoms with Gasteiger partial charge in [-0.1, -0.05) is 6.58 Å². The molecule has 0 unspecified atom stereocenters. The Morgan fingerprint density at radius 3 is 2.62 bits per heavy atom. The summed E-state index contributed by atoms with van der Waals surface area (Å²) in [5.74, 6) is -1.61. The van der Waals surface area contributed by atoms with Gasteiger partial charge in [-0.2, -0.15) is 0 Å². The van der Waals surface area contributed by atoms with E-state index in [0.717, 1.165) is 0 Å². The van der Waals surface area contributed by atoms with Crippen LogP contribution in [0.5, 0.6) is 11.5 Å². The Balaban J connectivity index is 2.92. The van der Waals surface area contributed by atoms with Crippen molar-refractivity contribution < 1.29 is 24.6 Å². The number of amides is 2. The van der Waals surface area contributed by atoms with Gasteiger partial charge in [0, 0.05) is 11.8 Å². The van der Waals surface area contributed by atoms with Gasteiger partial charge in [0.2, 0.25) is 0 Å². The lowest BCUT2D eigenvalue weighted by Crippen LogP contribution is -2.48. The van der Waals surface area contributed by atoms with E-state index in [1.165, 1.54) is 23.7 Å². The zero-order chi connectivity index (χ0) is 16.0. The number of rotatable bonds is 6. The van der Waals surface area contributed by atoms with E-state index in [1.807, 2.05) is 0 Å². The Bertz CT molecular complexity index is 559. The Labute approximate surface area is 121 Å². The summed E-state index contributed by atoms with van der Waals surface area (Å²) in [4.78, 5) is 23.3. The number of hydrogen-bond donors (Lipinski definition) is 5. The van der Waals surface area contributed by atoms with Crippen molar-refractivity contribution in [2.24, 2.45) is 5.73 Å². The summed E-state index contributed by atoms with van der Waals surface area (Å²) >= 11 is 0. The first kappa shape index (κ1) is 16.3. The smallest absolute Gasteiger partial charge is 0.272 e. The maximum atomic E-state index is 12.0. The number of carbonyl (C=O) groups is 2. The molecular formula is C13H17N3O5. The molecule has 0 bridgehead atoms. The monoisotopic (exact) mass is 295 g/mol. The summed E-state index contributed by atoms with van der Waals surface area (Å²) < 4.78 is 5.17. The maximum Gasteiger partial charge on any atom is 0.272 e. The number of carbonyl (C=O) groups excluding carboxylic acids is 2. The number of hydroxylamine groups is 1. The first-order valence-corrected chi connectivity index (χ1v) is 6.05. The van der Waals surface area contributed by atoms with Crippen LogP contribution in [0.3, 0.4) is 0 Å². The van der Waals surface area contributed by atoms with E-state index in [9.17, 15) is 14.7 Å². The third-order valence-electron chi connectivity index (χ3n) is 2.54. The highest BCUT2D eigenvalue weighted by Gasteiger charge is 2.23. The molecular weight excluding hydrogens is 278 g/mol. The molecule has 1 rings (SSSR count). The molecule has 0 fully saturated rings. The molecule has 8 nitrogen and oxygen atoms in total. The van der Waals surface area contributed by atoms with Crippen LogP contribution in [0.1, 0.15) is 17.3 Å². The number of nitrogens with one attached hydrogen (secondary N) is 2. The van der Waals surface area contributed by atoms with Gasteiger partial charge in [-0.05, 0) is 19.1 Å². The van der Waals surface area contributed by atoms with Crippen molar-refractivity contribution in [3.8, 4) is 11.5 Å². The van der Waals surface area contributed by atoms with Crippen LogP contribution in [0.4, 0.5) is 0 Å². The molecule has 8 heteroatoms. The number of nitrogens with two attached hydrogens (primary N) is 1. The van der Waals surface area contributed by atoms with Gasteiger partial charge in [-0.25, -0.2) is 5.48 Å². The van der Waals surface area contributed by atoms with Crippen LogP contribution in [-0.4, -0.2) is 34.8 Å². The quantitative estimate of drug-likeness (QED) is 0.366. The van der Waals surface area contributed by atoms with Gasteiger partial charge in [0.25, 0.3) is 11.8 Å². The predicted molar refractivity (Wildman–Crippen MR) is 73.8 cm³/mol. The second-order valence-electron chi connectivity index (χ2n) is 4.07. The van der Waals surface area contributed by atoms with Crippen LogP contribution >= 0.6 is 0 Å². The van der Waals surface area contributed by atoms with Crippen molar-refractivity contribution in [1.29, 1.82) is 0 Å². The van der Waals surface area contributed by atoms with Gasteiger partial charge in [0.05, 0.1) is 12.2 Å². The fourth-order valence-electron chi connectivity index (χ4n) is 1.56. The van der Waals surface area contributed by atoms with Crippen LogP contribution < -0.4 is 21.3 Å². The molecule has 0 aliphatic heterocycles. The number of benzene rings is 1. The molecule has 0 heterocycles. The van der Waals surface area contributed by atoms with Gasteiger partial charge in [0.1, 0.15) is 17.5 Å². The average molecular weight is 295 g/mol. The van der Waals surface area contributed by atoms with E-state index in [2.05, 4.69) is 11.9 Å². The van der Waals surface area contributed by atoms with Crippen LogP contribution in [0.2, 0.25) is 0 Å². The first-order chi connectivity index (χ1) is 9.90. The molecule has 0 aliphatic carbocycles. The molecule has 1 atom stereocenters. The number of ether oxygens (including phenoxy) is 1. The number of phenols is 1. The molecule has 0 saturated heterocycles. The van der Waals surface area contributed by atoms with Gasteiger partial charge in [-0.15, -0.1) is 0 Å². The van der Waals surface area contributed by atoms with Crippen molar-refractivity contribution in [1.82, 2.24) is 10.8 Å². The number of hydrogen-bond acceptors (Lipinski definition) is 6. The normalized spacial score (nSPS) is 11.3. The van der Waals surface area contributed by atoms with Crippen molar-refractivity contribution in [2.75, 3.05) is 6.61 Å². The average Bonchev–Trinajstić information content (AvgIpc) is 2.43. The highest BCUT2D eigenvalue weighted by atomic mass is 16.5. The minimum Gasteiger partial charge on any atom is -0.507 e. The molecule has 0 saturated carbocycles. The van der Waals surface area contributed by atoms with Crippen molar-refractivity contribution >= 4 is 11.8 Å². The topological polar surface area (TPSA) is 134 Å². The van der Waals surface area contributed by atoms with Crippen molar-refractivity contribution in [2.45, 2.75) is 13.0 Å². The fraction of sp³-hybridized carbons (Fsp3) is 0.231. The van der Waals surface area contributed by atoms with E-state index in [4.69, 9.17) is 15.7 Å². The lowest BCUT2D eigenvalue weighted by atomic mass is 10.1. The SMILES string of the molecule is C=C(N)[C@H](NC(=O)c1ccc(OCC)cc1O)C(=O)NO. The number of aromatic hydroxyl groups is 1. The minimum absolute atomic E-state index is 0.0737. The highest BCUT2D eigenvalue weighted by Crippen LogP contribution is 2.23. The van der Waals surface area contributed by atoms with E-state index in [0.29, 0.717) is 12.4 Å². The molecule has 0 aliphatic rings. The summed E-state index contributed by atoms with van der Waals surface area (Å²) in [6, 6.07) is 2.78. The Morgan fingerprint density at radius 2 is 2.14 bits per heavy atom. The maximum absolute atomic E-state index is 12.0. The summed E-state index contributed by atoms with van der Waals surface area (Å²) in [5.41, 5.74) is 6.50. The highest BCUT2D eigenvalue weighted by molar-refractivity contribution is 6.00. The molecule has 1 aromatic rings. The van der Waals surface area contributed by atoms with Gasteiger partial charge in [0.15, 0.2) is 0 Å². The van der Waals surface area contributed by atoms with E-state index in [-0.39, 0.29) is 17.0 Å². The largest absolute Gasteiger partial charge is 0.507 e. The molecule has 114 valence electrons. The molecule has 6 N–H and O–H groups in total. The van der Waals surface area contributed by atoms with Crippen molar-refractivity contribution in [3.05, 3.63) is 36.0 Å². The Kier molecular flexibility index (Phi) is 5.56. The Morgan fingerprint density at radius 1 is 1.48 bits per heavy atom. The fourth-order valence-corrected chi connectivity index (χ4v) is 1.56. The lowest BCUT2D eigenvalue weighted by Gasteiger charge is -2.17. The molecule has 0 spiro atoms. The molecule has 0 radical (unpaired) electrons. The molecule has 21 heavy (non-hydrogen) atoms. The summed E-state index contributed by atoms with van der Waals surface area (Å²) in [6.07, 6.45) is 0. The number of phenolic OH excluding ortho intramolecular Hbond substituents is 1. The summed E-state index contributed by atoms with van der Waals surface area (Å²) in [6.45, 7) is 5.53. The Hall–Kier alpha value is -2.74. The van der Waals surface area contributed by atoms with Crippen LogP contribution in [0, 0.1) is 0 Å². The zero-order valence-corrected chi connectivity index (χ0v) is 11.4. The second kappa shape index (κ2) is 7.15. The minimum atomic E-state index is -1.33. The lowest BCUT2D eigenvalue weighted by molar-refractivity contribution is -0.130. The van der Waals surface area contributed by atoms with Gasteiger partial charge < -0.3 is 20.9 Å². The van der Waals surface area contributed by atoms with Crippen LogP contribution in [0.25, 0.3) is 0 Å². The standard InChI is InChI=1S/C13H17N3O5/c1-3-21-8-4-5-9(10(17)6-8)12(18)15-11(7(2)14)13(19)16-20/h4-6,11,17,20H,2-3,14H2,1H3,(H,15,18)(H,16,19)/t11-/m0/s1. The van der Waals surface area contributed by atoms with Crippen LogP contribution in [0.15, 0.2) is 30.5 Å². The van der Waals surface area contributed by atoms with E-state index in [1.54, 1.807) is 6.92 Å². The third-order valence-corrected chi connectivity index (χ3v) is 2.54. The predicted octanol–water partition coefficient (Wildman–Crippen LogP) is -0.133. The van der Waals surface area contributed by atoms with Gasteiger partial charge in [-0.3, -0.25) is 14.8 Å². The van der Waals surface area contributed by atoms with Crippen LogP contribution in [-0.2, 0) is 4.79 Å². The summed E-state index contributed by atoms with van der Waals surface area (Å²) in [5, 5.41) is 20.6. The third kappa shape index (κ3) is 4.11. The summed E-state index contributed by atoms with van der Waals surface area (Å²) in [7, 11) is 0. The van der Waals surface area contributed by atoms with E-state index >= 15 is 0 Å². The molecule has 0 aromatic heterocycles. The van der Waals surface area contributed by atoms with Crippen molar-refractivity contribution in [3.63, 3.8) is 0 Å². The first-order valence-electron chi connectivity index (χ1n) is 6.05. The second-order valence-corrected chi connectivity index (χ2v) is 4.07.